The summed E-state index contributed by atoms with van der Waals surface area (Å²) in [5.74, 6) is 0.607. The van der Waals surface area contributed by atoms with Gasteiger partial charge in [0.25, 0.3) is 0 Å². The monoisotopic (exact) mass is 356 g/mol. The van der Waals surface area contributed by atoms with E-state index in [2.05, 4.69) is 25.6 Å². The molecule has 0 unspecified atom stereocenters. The first-order chi connectivity index (χ1) is 12.1. The van der Waals surface area contributed by atoms with E-state index < -0.39 is 6.03 Å². The molecule has 3 aromatic rings. The Balaban J connectivity index is 1.66. The molecule has 0 fully saturated rings. The van der Waals surface area contributed by atoms with E-state index in [1.807, 2.05) is 37.4 Å². The lowest BCUT2D eigenvalue weighted by Crippen LogP contribution is -2.19. The second kappa shape index (κ2) is 7.58. The van der Waals surface area contributed by atoms with Gasteiger partial charge in [0.2, 0.25) is 0 Å². The highest BCUT2D eigenvalue weighted by atomic mass is 32.1. The van der Waals surface area contributed by atoms with Crippen LogP contribution in [-0.4, -0.2) is 27.5 Å². The van der Waals surface area contributed by atoms with Crippen molar-refractivity contribution in [2.45, 2.75) is 6.92 Å². The Labute approximate surface area is 148 Å². The van der Waals surface area contributed by atoms with Crippen LogP contribution in [0.15, 0.2) is 42.9 Å². The van der Waals surface area contributed by atoms with Gasteiger partial charge < -0.3 is 21.1 Å². The van der Waals surface area contributed by atoms with E-state index in [1.54, 1.807) is 11.3 Å². The van der Waals surface area contributed by atoms with Crippen molar-refractivity contribution in [3.8, 4) is 22.2 Å². The first kappa shape index (κ1) is 16.7. The number of rotatable bonds is 6. The third kappa shape index (κ3) is 4.42. The van der Waals surface area contributed by atoms with Crippen LogP contribution in [0.5, 0.6) is 11.8 Å². The number of hydrogen-bond donors (Lipinski definition) is 3. The third-order valence-electron chi connectivity index (χ3n) is 3.08. The lowest BCUT2D eigenvalue weighted by Gasteiger charge is -2.05. The molecule has 0 aliphatic heterocycles. The van der Waals surface area contributed by atoms with Crippen LogP contribution in [0.4, 0.5) is 15.6 Å². The molecule has 0 radical (unpaired) electrons. The first-order valence-electron chi connectivity index (χ1n) is 7.50. The number of benzene rings is 1. The van der Waals surface area contributed by atoms with Crippen molar-refractivity contribution in [1.82, 2.24) is 15.0 Å². The lowest BCUT2D eigenvalue weighted by atomic mass is 10.2. The Kier molecular flexibility index (Phi) is 5.05. The summed E-state index contributed by atoms with van der Waals surface area (Å²) in [6.07, 6.45) is 4.67. The number of carbonyl (C=O) groups excluding carboxylic acids is 1. The number of carbonyl (C=O) groups is 1. The quantitative estimate of drug-likeness (QED) is 0.624. The van der Waals surface area contributed by atoms with Crippen molar-refractivity contribution in [1.29, 1.82) is 0 Å². The van der Waals surface area contributed by atoms with Gasteiger partial charge in [-0.25, -0.2) is 19.7 Å². The van der Waals surface area contributed by atoms with Gasteiger partial charge in [0.1, 0.15) is 5.75 Å². The minimum Gasteiger partial charge on any atom is -0.424 e. The number of hydrogen-bond acceptors (Lipinski definition) is 7. The Morgan fingerprint density at radius 1 is 1.16 bits per heavy atom. The van der Waals surface area contributed by atoms with Crippen molar-refractivity contribution in [3.05, 3.63) is 42.9 Å². The summed E-state index contributed by atoms with van der Waals surface area (Å²) in [5.41, 5.74) is 6.47. The molecule has 0 bridgehead atoms. The van der Waals surface area contributed by atoms with E-state index in [9.17, 15) is 4.79 Å². The van der Waals surface area contributed by atoms with Crippen LogP contribution in [-0.2, 0) is 0 Å². The fourth-order valence-electron chi connectivity index (χ4n) is 2.01. The zero-order chi connectivity index (χ0) is 17.6. The SMILES string of the molecule is CCNc1ncc(-c2ccc(Oc3ncc(NC(N)=O)cn3)cc2)s1. The van der Waals surface area contributed by atoms with Gasteiger partial charge in [0.05, 0.1) is 23.0 Å². The molecule has 0 aliphatic rings. The largest absolute Gasteiger partial charge is 0.424 e. The molecule has 0 saturated carbocycles. The van der Waals surface area contributed by atoms with E-state index in [0.717, 1.165) is 22.1 Å². The van der Waals surface area contributed by atoms with Crippen molar-refractivity contribution >= 4 is 28.2 Å². The molecule has 0 saturated heterocycles. The van der Waals surface area contributed by atoms with Gasteiger partial charge in [0, 0.05) is 12.7 Å². The average molecular weight is 356 g/mol. The Bertz CT molecular complexity index is 848. The minimum absolute atomic E-state index is 0.176. The van der Waals surface area contributed by atoms with Crippen LogP contribution in [0.3, 0.4) is 0 Å². The standard InChI is InChI=1S/C16H16N6O2S/c1-2-18-16-21-9-13(25-16)10-3-5-12(6-4-10)24-15-19-7-11(8-20-15)22-14(17)23/h3-9H,2H2,1H3,(H,18,21)(H3,17,22,23). The molecule has 4 N–H and O–H groups in total. The summed E-state index contributed by atoms with van der Waals surface area (Å²) >= 11 is 1.59. The molecule has 2 heterocycles. The predicted octanol–water partition coefficient (Wildman–Crippen LogP) is 3.31. The Hall–Kier alpha value is -3.20. The maximum Gasteiger partial charge on any atom is 0.322 e. The second-order valence-corrected chi connectivity index (χ2v) is 5.96. The number of nitrogens with zero attached hydrogens (tertiary/aromatic N) is 3. The summed E-state index contributed by atoms with van der Waals surface area (Å²) in [7, 11) is 0. The molecule has 0 spiro atoms. The van der Waals surface area contributed by atoms with E-state index in [-0.39, 0.29) is 6.01 Å². The van der Waals surface area contributed by atoms with Crippen molar-refractivity contribution in [3.63, 3.8) is 0 Å². The molecule has 25 heavy (non-hydrogen) atoms. The van der Waals surface area contributed by atoms with E-state index in [1.165, 1.54) is 12.4 Å². The molecule has 128 valence electrons. The summed E-state index contributed by atoms with van der Waals surface area (Å²) in [5, 5.41) is 6.47. The number of nitrogens with one attached hydrogen (secondary N) is 2. The summed E-state index contributed by atoms with van der Waals surface area (Å²) < 4.78 is 5.58. The maximum atomic E-state index is 10.7. The van der Waals surface area contributed by atoms with Crippen molar-refractivity contribution in [2.24, 2.45) is 5.73 Å². The topological polar surface area (TPSA) is 115 Å². The van der Waals surface area contributed by atoms with Gasteiger partial charge >= 0.3 is 12.0 Å². The maximum absolute atomic E-state index is 10.7. The van der Waals surface area contributed by atoms with Crippen LogP contribution in [0.1, 0.15) is 6.92 Å². The zero-order valence-corrected chi connectivity index (χ0v) is 14.2. The smallest absolute Gasteiger partial charge is 0.322 e. The highest BCUT2D eigenvalue weighted by Gasteiger charge is 2.06. The molecular weight excluding hydrogens is 340 g/mol. The van der Waals surface area contributed by atoms with Gasteiger partial charge in [-0.15, -0.1) is 0 Å². The number of anilines is 2. The molecule has 2 amide bonds. The molecule has 0 aliphatic carbocycles. The average Bonchev–Trinajstić information content (AvgIpc) is 3.06. The van der Waals surface area contributed by atoms with E-state index in [0.29, 0.717) is 11.4 Å². The van der Waals surface area contributed by atoms with Gasteiger partial charge in [-0.3, -0.25) is 0 Å². The first-order valence-corrected chi connectivity index (χ1v) is 8.32. The van der Waals surface area contributed by atoms with Crippen LogP contribution in [0, 0.1) is 0 Å². The Morgan fingerprint density at radius 3 is 2.52 bits per heavy atom. The molecular formula is C16H16N6O2S. The number of primary amides is 1. The number of ether oxygens (including phenoxy) is 1. The van der Waals surface area contributed by atoms with Gasteiger partial charge in [-0.1, -0.05) is 11.3 Å². The lowest BCUT2D eigenvalue weighted by molar-refractivity contribution is 0.259. The van der Waals surface area contributed by atoms with Gasteiger partial charge in [-0.2, -0.15) is 0 Å². The van der Waals surface area contributed by atoms with Crippen molar-refractivity contribution < 1.29 is 9.53 Å². The molecule has 3 rings (SSSR count). The van der Waals surface area contributed by atoms with Crippen LogP contribution >= 0.6 is 11.3 Å². The summed E-state index contributed by atoms with van der Waals surface area (Å²) in [4.78, 5) is 24.2. The minimum atomic E-state index is -0.673. The second-order valence-electron chi connectivity index (χ2n) is 4.93. The molecule has 0 atom stereocenters. The number of nitrogens with two attached hydrogens (primary N) is 1. The predicted molar refractivity (Wildman–Crippen MR) is 97.0 cm³/mol. The van der Waals surface area contributed by atoms with E-state index in [4.69, 9.17) is 10.5 Å². The summed E-state index contributed by atoms with van der Waals surface area (Å²) in [6.45, 7) is 2.87. The van der Waals surface area contributed by atoms with Crippen LogP contribution in [0.25, 0.3) is 10.4 Å². The van der Waals surface area contributed by atoms with Crippen LogP contribution < -0.4 is 21.1 Å². The third-order valence-corrected chi connectivity index (χ3v) is 4.08. The number of urea groups is 1. The zero-order valence-electron chi connectivity index (χ0n) is 13.4. The number of thiazole rings is 1. The molecule has 1 aromatic carbocycles. The molecule has 2 aromatic heterocycles. The molecule has 8 nitrogen and oxygen atoms in total. The number of aromatic nitrogens is 3. The summed E-state index contributed by atoms with van der Waals surface area (Å²) in [6, 6.07) is 7.06. The fourth-order valence-corrected chi connectivity index (χ4v) is 2.90. The van der Waals surface area contributed by atoms with E-state index >= 15 is 0 Å². The Morgan fingerprint density at radius 2 is 1.88 bits per heavy atom. The highest BCUT2D eigenvalue weighted by Crippen LogP contribution is 2.30. The van der Waals surface area contributed by atoms with Crippen LogP contribution in [0.2, 0.25) is 0 Å². The fraction of sp³-hybridized carbons (Fsp3) is 0.125. The molecule has 9 heteroatoms. The normalized spacial score (nSPS) is 10.3. The van der Waals surface area contributed by atoms with Gasteiger partial charge in [0.15, 0.2) is 5.13 Å². The van der Waals surface area contributed by atoms with Gasteiger partial charge in [-0.05, 0) is 36.8 Å². The number of amides is 2. The highest BCUT2D eigenvalue weighted by molar-refractivity contribution is 7.18. The van der Waals surface area contributed by atoms with Crippen molar-refractivity contribution in [2.75, 3.05) is 17.2 Å².